The van der Waals surface area contributed by atoms with Crippen LogP contribution in [0, 0.1) is 25.7 Å². The molecule has 0 fully saturated rings. The van der Waals surface area contributed by atoms with Crippen LogP contribution >= 0.6 is 11.6 Å². The molecule has 2 amide bonds. The Balaban J connectivity index is 1.43. The summed E-state index contributed by atoms with van der Waals surface area (Å²) >= 11 is 6.41. The Hall–Kier alpha value is -4.87. The fourth-order valence-electron chi connectivity index (χ4n) is 4.05. The summed E-state index contributed by atoms with van der Waals surface area (Å²) < 4.78 is 2.01. The van der Waals surface area contributed by atoms with Crippen molar-refractivity contribution in [3.63, 3.8) is 0 Å². The minimum atomic E-state index is -0.698. The number of carbonyl (C=O) groups is 2. The average Bonchev–Trinajstić information content (AvgIpc) is 2.96. The second-order valence-electron chi connectivity index (χ2n) is 9.64. The maximum Gasteiger partial charge on any atom is 0.332 e. The predicted molar refractivity (Wildman–Crippen MR) is 162 cm³/mol. The molecule has 0 spiro atoms. The standard InChI is InChI=1S/C32H29ClN4O4/c1-21-9-11-24(12-10-21)15-18-27(38)35-28-29(33)37(32(41)36(3)31(28)40)19-5-7-23-13-16-26(17-14-23)34-30(39)25-8-4-6-22(2)20-25/h4,6,8-14,16-17,20H,15,18-19H2,1-3H3,(H,34,39)(H,35,38). The molecule has 3 aromatic carbocycles. The zero-order valence-electron chi connectivity index (χ0n) is 23.0. The van der Waals surface area contributed by atoms with Crippen molar-refractivity contribution in [2.75, 3.05) is 10.6 Å². The van der Waals surface area contributed by atoms with Gasteiger partial charge in [-0.3, -0.25) is 23.5 Å². The predicted octanol–water partition coefficient (Wildman–Crippen LogP) is 4.69. The van der Waals surface area contributed by atoms with Crippen LogP contribution in [0.4, 0.5) is 11.4 Å². The first kappa shape index (κ1) is 29.1. The van der Waals surface area contributed by atoms with Gasteiger partial charge in [-0.2, -0.15) is 0 Å². The van der Waals surface area contributed by atoms with Crippen LogP contribution in [-0.4, -0.2) is 20.9 Å². The van der Waals surface area contributed by atoms with Gasteiger partial charge in [0.1, 0.15) is 10.8 Å². The molecule has 0 saturated heterocycles. The van der Waals surface area contributed by atoms with Crippen LogP contribution in [0.1, 0.15) is 39.0 Å². The van der Waals surface area contributed by atoms with E-state index in [2.05, 4.69) is 22.5 Å². The van der Waals surface area contributed by atoms with E-state index in [0.717, 1.165) is 25.8 Å². The molecule has 2 N–H and O–H groups in total. The van der Waals surface area contributed by atoms with Crippen LogP contribution in [0.5, 0.6) is 0 Å². The highest BCUT2D eigenvalue weighted by Gasteiger charge is 2.18. The second kappa shape index (κ2) is 13.0. The van der Waals surface area contributed by atoms with Crippen molar-refractivity contribution in [1.82, 2.24) is 9.13 Å². The second-order valence-corrected chi connectivity index (χ2v) is 9.99. The number of nitrogens with one attached hydrogen (secondary N) is 2. The Labute approximate surface area is 242 Å². The summed E-state index contributed by atoms with van der Waals surface area (Å²) in [4.78, 5) is 50.5. The lowest BCUT2D eigenvalue weighted by molar-refractivity contribution is -0.116. The van der Waals surface area contributed by atoms with Crippen molar-refractivity contribution < 1.29 is 9.59 Å². The smallest absolute Gasteiger partial charge is 0.322 e. The van der Waals surface area contributed by atoms with Crippen molar-refractivity contribution in [2.45, 2.75) is 33.2 Å². The average molecular weight is 569 g/mol. The summed E-state index contributed by atoms with van der Waals surface area (Å²) in [6.07, 6.45) is 0.631. The Kier molecular flexibility index (Phi) is 9.23. The number of benzene rings is 3. The van der Waals surface area contributed by atoms with Crippen LogP contribution < -0.4 is 21.9 Å². The third-order valence-corrected chi connectivity index (χ3v) is 6.79. The minimum Gasteiger partial charge on any atom is -0.322 e. The van der Waals surface area contributed by atoms with E-state index >= 15 is 0 Å². The lowest BCUT2D eigenvalue weighted by atomic mass is 10.1. The van der Waals surface area contributed by atoms with E-state index in [1.54, 1.807) is 30.3 Å². The summed E-state index contributed by atoms with van der Waals surface area (Å²) in [5.74, 6) is 5.22. The summed E-state index contributed by atoms with van der Waals surface area (Å²) in [6, 6.07) is 22.1. The fraction of sp³-hybridized carbons (Fsp3) is 0.188. The Morgan fingerprint density at radius 1 is 0.902 bits per heavy atom. The monoisotopic (exact) mass is 568 g/mol. The maximum absolute atomic E-state index is 12.7. The molecule has 0 aliphatic carbocycles. The van der Waals surface area contributed by atoms with Crippen LogP contribution in [-0.2, 0) is 24.8 Å². The normalized spacial score (nSPS) is 10.4. The molecule has 0 saturated carbocycles. The fourth-order valence-corrected chi connectivity index (χ4v) is 4.31. The van der Waals surface area contributed by atoms with Gasteiger partial charge in [-0.1, -0.05) is 71.0 Å². The Bertz CT molecular complexity index is 1780. The van der Waals surface area contributed by atoms with Crippen molar-refractivity contribution in [3.05, 3.63) is 127 Å². The number of hydrogen-bond acceptors (Lipinski definition) is 4. The molecular weight excluding hydrogens is 540 g/mol. The lowest BCUT2D eigenvalue weighted by Crippen LogP contribution is -2.40. The molecule has 0 atom stereocenters. The SMILES string of the molecule is Cc1ccc(CCC(=O)Nc2c(Cl)n(CC#Cc3ccc(NC(=O)c4cccc(C)c4)cc3)c(=O)n(C)c2=O)cc1. The van der Waals surface area contributed by atoms with Crippen LogP contribution in [0.25, 0.3) is 0 Å². The Morgan fingerprint density at radius 2 is 1.61 bits per heavy atom. The maximum atomic E-state index is 12.7. The van der Waals surface area contributed by atoms with E-state index in [1.165, 1.54) is 7.05 Å². The van der Waals surface area contributed by atoms with Gasteiger partial charge in [-0.05, 0) is 62.2 Å². The molecule has 4 aromatic rings. The van der Waals surface area contributed by atoms with Crippen molar-refractivity contribution in [3.8, 4) is 11.8 Å². The van der Waals surface area contributed by atoms with Crippen LogP contribution in [0.3, 0.4) is 0 Å². The van der Waals surface area contributed by atoms with Gasteiger partial charge in [0.25, 0.3) is 11.5 Å². The van der Waals surface area contributed by atoms with Gasteiger partial charge >= 0.3 is 5.69 Å². The number of rotatable bonds is 7. The van der Waals surface area contributed by atoms with Gasteiger partial charge in [0.15, 0.2) is 0 Å². The lowest BCUT2D eigenvalue weighted by Gasteiger charge is -2.13. The summed E-state index contributed by atoms with van der Waals surface area (Å²) in [5.41, 5.74) is 3.42. The Morgan fingerprint density at radius 3 is 2.29 bits per heavy atom. The van der Waals surface area contributed by atoms with E-state index in [4.69, 9.17) is 11.6 Å². The van der Waals surface area contributed by atoms with Gasteiger partial charge in [0, 0.05) is 30.3 Å². The first-order chi connectivity index (χ1) is 19.6. The highest BCUT2D eigenvalue weighted by Crippen LogP contribution is 2.17. The molecule has 0 bridgehead atoms. The number of aromatic nitrogens is 2. The molecule has 0 aliphatic heterocycles. The third-order valence-electron chi connectivity index (χ3n) is 6.40. The van der Waals surface area contributed by atoms with Crippen LogP contribution in [0.15, 0.2) is 82.4 Å². The van der Waals surface area contributed by atoms with Gasteiger partial charge in [0.05, 0.1) is 6.54 Å². The van der Waals surface area contributed by atoms with E-state index in [-0.39, 0.29) is 29.7 Å². The number of nitrogens with zero attached hydrogens (tertiary/aromatic N) is 2. The molecule has 4 rings (SSSR count). The number of halogens is 1. The summed E-state index contributed by atoms with van der Waals surface area (Å²) in [6.45, 7) is 3.80. The number of anilines is 2. The molecule has 208 valence electrons. The number of carbonyl (C=O) groups excluding carboxylic acids is 2. The molecule has 0 unspecified atom stereocenters. The van der Waals surface area contributed by atoms with Gasteiger partial charge in [-0.15, -0.1) is 0 Å². The van der Waals surface area contributed by atoms with E-state index in [1.807, 2.05) is 56.3 Å². The first-order valence-corrected chi connectivity index (χ1v) is 13.3. The van der Waals surface area contributed by atoms with Crippen LogP contribution in [0.2, 0.25) is 5.15 Å². The highest BCUT2D eigenvalue weighted by molar-refractivity contribution is 6.32. The quantitative estimate of drug-likeness (QED) is 0.249. The largest absolute Gasteiger partial charge is 0.332 e. The molecule has 9 heteroatoms. The van der Waals surface area contributed by atoms with E-state index < -0.39 is 17.2 Å². The number of aryl methyl sites for hydroxylation is 3. The first-order valence-electron chi connectivity index (χ1n) is 12.9. The topological polar surface area (TPSA) is 102 Å². The van der Waals surface area contributed by atoms with Gasteiger partial charge in [-0.25, -0.2) is 4.79 Å². The molecular formula is C32H29ClN4O4. The third kappa shape index (κ3) is 7.41. The van der Waals surface area contributed by atoms with Crippen molar-refractivity contribution >= 4 is 34.8 Å². The molecule has 8 nitrogen and oxygen atoms in total. The molecule has 0 aliphatic rings. The minimum absolute atomic E-state index is 0.107. The van der Waals surface area contributed by atoms with Crippen molar-refractivity contribution in [1.29, 1.82) is 0 Å². The summed E-state index contributed by atoms with van der Waals surface area (Å²) in [7, 11) is 1.32. The van der Waals surface area contributed by atoms with Gasteiger partial charge < -0.3 is 10.6 Å². The molecule has 0 radical (unpaired) electrons. The van der Waals surface area contributed by atoms with Gasteiger partial charge in [0.2, 0.25) is 5.91 Å². The highest BCUT2D eigenvalue weighted by atomic mass is 35.5. The summed E-state index contributed by atoms with van der Waals surface area (Å²) in [5, 5.41) is 5.22. The zero-order valence-corrected chi connectivity index (χ0v) is 23.7. The molecule has 1 heterocycles. The molecule has 41 heavy (non-hydrogen) atoms. The van der Waals surface area contributed by atoms with Crippen molar-refractivity contribution in [2.24, 2.45) is 7.05 Å². The number of hydrogen-bond donors (Lipinski definition) is 2. The zero-order chi connectivity index (χ0) is 29.5. The van der Waals surface area contributed by atoms with E-state index in [9.17, 15) is 19.2 Å². The molecule has 1 aromatic heterocycles. The van der Waals surface area contributed by atoms with E-state index in [0.29, 0.717) is 23.2 Å². The number of amides is 2.